The summed E-state index contributed by atoms with van der Waals surface area (Å²) < 4.78 is 2.06. The Morgan fingerprint density at radius 1 is 1.50 bits per heavy atom. The molecule has 0 aliphatic rings. The zero-order valence-corrected chi connectivity index (χ0v) is 11.7. The number of carbonyl (C=O) groups is 1. The number of aryl methyl sites for hydroxylation is 2. The van der Waals surface area contributed by atoms with Crippen LogP contribution in [0.4, 0.5) is 0 Å². The number of carbonyl (C=O) groups excluding carboxylic acids is 1. The number of benzene rings is 1. The fraction of sp³-hybridized carbons (Fsp3) is 0.385. The minimum absolute atomic E-state index is 0.0237. The Kier molecular flexibility index (Phi) is 3.61. The second kappa shape index (κ2) is 5.02. The number of fused-ring (bicyclic) bond motifs is 1. The summed E-state index contributed by atoms with van der Waals surface area (Å²) in [6, 6.07) is 6.11. The van der Waals surface area contributed by atoms with E-state index in [0.29, 0.717) is 6.54 Å². The fourth-order valence-electron chi connectivity index (χ4n) is 1.95. The molecule has 18 heavy (non-hydrogen) atoms. The first-order valence-electron chi connectivity index (χ1n) is 5.79. The van der Waals surface area contributed by atoms with Gasteiger partial charge < -0.3 is 9.47 Å². The SMILES string of the molecule is Cc1nc2cc(CN(C)C(=O)CS)ccc2n1C. The van der Waals surface area contributed by atoms with E-state index in [1.165, 1.54) is 0 Å². The highest BCUT2D eigenvalue weighted by molar-refractivity contribution is 7.81. The minimum Gasteiger partial charge on any atom is -0.341 e. The van der Waals surface area contributed by atoms with Crippen molar-refractivity contribution in [2.24, 2.45) is 7.05 Å². The summed E-state index contributed by atoms with van der Waals surface area (Å²) in [4.78, 5) is 17.6. The minimum atomic E-state index is 0.0237. The van der Waals surface area contributed by atoms with Crippen LogP contribution < -0.4 is 0 Å². The quantitative estimate of drug-likeness (QED) is 0.857. The summed E-state index contributed by atoms with van der Waals surface area (Å²) >= 11 is 3.99. The van der Waals surface area contributed by atoms with Crippen LogP contribution in [0.1, 0.15) is 11.4 Å². The lowest BCUT2D eigenvalue weighted by molar-refractivity contribution is -0.127. The van der Waals surface area contributed by atoms with Gasteiger partial charge in [-0.1, -0.05) is 6.07 Å². The van der Waals surface area contributed by atoms with Crippen molar-refractivity contribution >= 4 is 29.6 Å². The molecule has 2 aromatic rings. The molecule has 0 saturated carbocycles. The Hall–Kier alpha value is -1.49. The molecule has 1 amide bonds. The largest absolute Gasteiger partial charge is 0.341 e. The van der Waals surface area contributed by atoms with Gasteiger partial charge in [-0.2, -0.15) is 12.6 Å². The zero-order chi connectivity index (χ0) is 13.3. The van der Waals surface area contributed by atoms with Gasteiger partial charge >= 0.3 is 0 Å². The van der Waals surface area contributed by atoms with Crippen molar-refractivity contribution in [3.63, 3.8) is 0 Å². The number of nitrogens with zero attached hydrogens (tertiary/aromatic N) is 3. The molecule has 1 aromatic heterocycles. The maximum absolute atomic E-state index is 11.5. The van der Waals surface area contributed by atoms with Gasteiger partial charge in [-0.15, -0.1) is 0 Å². The van der Waals surface area contributed by atoms with Crippen LogP contribution in [0.15, 0.2) is 18.2 Å². The van der Waals surface area contributed by atoms with Crippen LogP contribution >= 0.6 is 12.6 Å². The molecule has 4 nitrogen and oxygen atoms in total. The summed E-state index contributed by atoms with van der Waals surface area (Å²) in [5.74, 6) is 1.25. The van der Waals surface area contributed by atoms with E-state index in [-0.39, 0.29) is 11.7 Å². The van der Waals surface area contributed by atoms with Gasteiger partial charge in [0.2, 0.25) is 5.91 Å². The van der Waals surface area contributed by atoms with Crippen LogP contribution in [0.5, 0.6) is 0 Å². The van der Waals surface area contributed by atoms with Crippen LogP contribution in [0.2, 0.25) is 0 Å². The molecule has 0 spiro atoms. The van der Waals surface area contributed by atoms with Crippen molar-refractivity contribution < 1.29 is 4.79 Å². The maximum atomic E-state index is 11.5. The third-order valence-corrected chi connectivity index (χ3v) is 3.42. The highest BCUT2D eigenvalue weighted by Crippen LogP contribution is 2.17. The third kappa shape index (κ3) is 2.36. The molecule has 0 saturated heterocycles. The molecule has 0 N–H and O–H groups in total. The van der Waals surface area contributed by atoms with E-state index < -0.39 is 0 Å². The fourth-order valence-corrected chi connectivity index (χ4v) is 2.19. The Bertz CT molecular complexity index is 591. The Morgan fingerprint density at radius 2 is 2.22 bits per heavy atom. The molecule has 0 unspecified atom stereocenters. The molecule has 0 atom stereocenters. The molecular formula is C13H17N3OS. The standard InChI is InChI=1S/C13H17N3OS/c1-9-14-11-6-10(4-5-12(11)16(9)3)7-15(2)13(17)8-18/h4-6,18H,7-8H2,1-3H3. The third-order valence-electron chi connectivity index (χ3n) is 3.15. The Labute approximate surface area is 112 Å². The molecule has 2 rings (SSSR count). The van der Waals surface area contributed by atoms with Crippen LogP contribution in [0, 0.1) is 6.92 Å². The number of imidazole rings is 1. The predicted molar refractivity (Wildman–Crippen MR) is 75.8 cm³/mol. The summed E-state index contributed by atoms with van der Waals surface area (Å²) in [7, 11) is 3.79. The lowest BCUT2D eigenvalue weighted by Crippen LogP contribution is -2.27. The van der Waals surface area contributed by atoms with Crippen molar-refractivity contribution in [3.8, 4) is 0 Å². The van der Waals surface area contributed by atoms with Crippen LogP contribution in [0.25, 0.3) is 11.0 Å². The van der Waals surface area contributed by atoms with Gasteiger partial charge in [-0.05, 0) is 24.6 Å². The molecular weight excluding hydrogens is 246 g/mol. The summed E-state index contributed by atoms with van der Waals surface area (Å²) in [5, 5.41) is 0. The zero-order valence-electron chi connectivity index (χ0n) is 10.8. The van der Waals surface area contributed by atoms with Crippen molar-refractivity contribution in [2.75, 3.05) is 12.8 Å². The van der Waals surface area contributed by atoms with Crippen molar-refractivity contribution in [1.82, 2.24) is 14.5 Å². The van der Waals surface area contributed by atoms with Crippen molar-refractivity contribution in [3.05, 3.63) is 29.6 Å². The van der Waals surface area contributed by atoms with E-state index >= 15 is 0 Å². The molecule has 5 heteroatoms. The van der Waals surface area contributed by atoms with E-state index in [1.807, 2.05) is 32.2 Å². The number of hydrogen-bond acceptors (Lipinski definition) is 3. The molecule has 0 radical (unpaired) electrons. The Balaban J connectivity index is 2.28. The van der Waals surface area contributed by atoms with E-state index in [4.69, 9.17) is 0 Å². The molecule has 0 fully saturated rings. The predicted octanol–water partition coefficient (Wildman–Crippen LogP) is 1.77. The van der Waals surface area contributed by atoms with Gasteiger partial charge in [0.05, 0.1) is 16.8 Å². The lowest BCUT2D eigenvalue weighted by atomic mass is 10.2. The van der Waals surface area contributed by atoms with Gasteiger partial charge in [0.15, 0.2) is 0 Å². The van der Waals surface area contributed by atoms with Crippen molar-refractivity contribution in [1.29, 1.82) is 0 Å². The normalized spacial score (nSPS) is 10.9. The lowest BCUT2D eigenvalue weighted by Gasteiger charge is -2.15. The topological polar surface area (TPSA) is 38.1 Å². The van der Waals surface area contributed by atoms with Crippen LogP contribution in [0.3, 0.4) is 0 Å². The van der Waals surface area contributed by atoms with E-state index in [2.05, 4.69) is 22.2 Å². The van der Waals surface area contributed by atoms with E-state index in [0.717, 1.165) is 22.4 Å². The van der Waals surface area contributed by atoms with Crippen LogP contribution in [-0.4, -0.2) is 33.2 Å². The highest BCUT2D eigenvalue weighted by Gasteiger charge is 2.09. The average molecular weight is 263 g/mol. The molecule has 1 heterocycles. The monoisotopic (exact) mass is 263 g/mol. The molecule has 0 aliphatic heterocycles. The number of thiol groups is 1. The summed E-state index contributed by atoms with van der Waals surface area (Å²) in [6.07, 6.45) is 0. The van der Waals surface area contributed by atoms with Crippen molar-refractivity contribution in [2.45, 2.75) is 13.5 Å². The van der Waals surface area contributed by atoms with Gasteiger partial charge in [0.25, 0.3) is 0 Å². The second-order valence-electron chi connectivity index (χ2n) is 4.45. The summed E-state index contributed by atoms with van der Waals surface area (Å²) in [6.45, 7) is 2.57. The van der Waals surface area contributed by atoms with Gasteiger partial charge in [-0.25, -0.2) is 4.98 Å². The van der Waals surface area contributed by atoms with E-state index in [1.54, 1.807) is 11.9 Å². The first-order chi connectivity index (χ1) is 8.52. The molecule has 96 valence electrons. The second-order valence-corrected chi connectivity index (χ2v) is 4.77. The first-order valence-corrected chi connectivity index (χ1v) is 6.43. The molecule has 0 bridgehead atoms. The number of hydrogen-bond donors (Lipinski definition) is 1. The van der Waals surface area contributed by atoms with Gasteiger partial charge in [0, 0.05) is 20.6 Å². The number of aromatic nitrogens is 2. The first kappa shape index (κ1) is 13.0. The molecule has 0 aliphatic carbocycles. The maximum Gasteiger partial charge on any atom is 0.232 e. The highest BCUT2D eigenvalue weighted by atomic mass is 32.1. The van der Waals surface area contributed by atoms with E-state index in [9.17, 15) is 4.79 Å². The number of amides is 1. The Morgan fingerprint density at radius 3 is 2.89 bits per heavy atom. The molecule has 1 aromatic carbocycles. The van der Waals surface area contributed by atoms with Crippen LogP contribution in [-0.2, 0) is 18.4 Å². The van der Waals surface area contributed by atoms with Gasteiger partial charge in [-0.3, -0.25) is 4.79 Å². The summed E-state index contributed by atoms with van der Waals surface area (Å²) in [5.41, 5.74) is 3.16. The van der Waals surface area contributed by atoms with Gasteiger partial charge in [0.1, 0.15) is 5.82 Å². The average Bonchev–Trinajstić information content (AvgIpc) is 2.63. The smallest absolute Gasteiger partial charge is 0.232 e. The number of rotatable bonds is 3.